The van der Waals surface area contributed by atoms with Gasteiger partial charge in [-0.15, -0.1) is 0 Å². The smallest absolute Gasteiger partial charge is 0.333 e. The number of fused-ring (bicyclic) bond motifs is 2. The third-order valence-corrected chi connectivity index (χ3v) is 7.20. The van der Waals surface area contributed by atoms with Crippen LogP contribution in [0.3, 0.4) is 0 Å². The summed E-state index contributed by atoms with van der Waals surface area (Å²) in [4.78, 5) is 12.5. The molecule has 1 atom stereocenters. The molecule has 4 rings (SSSR count). The number of nitrogens with one attached hydrogen (secondary N) is 3. The first-order valence-corrected chi connectivity index (χ1v) is 11.5. The number of rotatable bonds is 4. The Morgan fingerprint density at radius 3 is 2.36 bits per heavy atom. The van der Waals surface area contributed by atoms with Crippen molar-refractivity contribution in [1.29, 1.82) is 0 Å². The largest absolute Gasteiger partial charge is 0.609 e. The van der Waals surface area contributed by atoms with Gasteiger partial charge in [-0.05, 0) is 87.1 Å². The van der Waals surface area contributed by atoms with E-state index in [2.05, 4.69) is 16.1 Å². The molecule has 0 radical (unpaired) electrons. The highest BCUT2D eigenvalue weighted by atomic mass is 32.2. The number of benzene rings is 1. The van der Waals surface area contributed by atoms with Crippen LogP contribution in [0.25, 0.3) is 5.84 Å². The summed E-state index contributed by atoms with van der Waals surface area (Å²) in [6.45, 7) is 2.44. The molecule has 0 saturated carbocycles. The van der Waals surface area contributed by atoms with Crippen molar-refractivity contribution in [2.75, 3.05) is 11.9 Å². The quantitative estimate of drug-likeness (QED) is 0.804. The maximum absolute atomic E-state index is 12.5. The topological polar surface area (TPSA) is 102 Å². The first kappa shape index (κ1) is 19.4. The molecule has 28 heavy (non-hydrogen) atoms. The minimum absolute atomic E-state index is 0.610. The van der Waals surface area contributed by atoms with Gasteiger partial charge in [0.1, 0.15) is 0 Å². The zero-order chi connectivity index (χ0) is 19.9. The van der Waals surface area contributed by atoms with Crippen LogP contribution in [0, 0.1) is 0 Å². The predicted octanol–water partition coefficient (Wildman–Crippen LogP) is 3.45. The zero-order valence-electron chi connectivity index (χ0n) is 16.2. The van der Waals surface area contributed by atoms with E-state index in [1.165, 1.54) is 22.2 Å². The first-order chi connectivity index (χ1) is 13.3. The SMILES string of the molecule is C[C@@]1(/C=C/S(=O)(=O)NC(=O)Nc2c3c(cc4c2CCC4)CCC3)CCCN1[NH-]. The number of sulfonamides is 1. The summed E-state index contributed by atoms with van der Waals surface area (Å²) in [6.07, 6.45) is 9.07. The Morgan fingerprint density at radius 2 is 1.79 bits per heavy atom. The van der Waals surface area contributed by atoms with Crippen LogP contribution < -0.4 is 10.0 Å². The number of carbonyl (C=O) groups excluding carboxylic acids is 1. The average Bonchev–Trinajstić information content (AvgIpc) is 3.34. The lowest BCUT2D eigenvalue weighted by Gasteiger charge is -2.36. The van der Waals surface area contributed by atoms with Crippen molar-refractivity contribution in [2.24, 2.45) is 0 Å². The lowest BCUT2D eigenvalue weighted by Crippen LogP contribution is -2.36. The molecule has 152 valence electrons. The van der Waals surface area contributed by atoms with E-state index >= 15 is 0 Å². The second kappa shape index (κ2) is 7.17. The Labute approximate surface area is 166 Å². The second-order valence-corrected chi connectivity index (χ2v) is 9.82. The normalized spacial score (nSPS) is 24.5. The fraction of sp³-hybridized carbons (Fsp3) is 0.550. The van der Waals surface area contributed by atoms with Crippen molar-refractivity contribution in [3.63, 3.8) is 0 Å². The fourth-order valence-electron chi connectivity index (χ4n) is 4.66. The van der Waals surface area contributed by atoms with Crippen LogP contribution in [0.2, 0.25) is 0 Å². The van der Waals surface area contributed by atoms with Crippen molar-refractivity contribution in [3.05, 3.63) is 45.6 Å². The van der Waals surface area contributed by atoms with Crippen LogP contribution in [-0.2, 0) is 35.7 Å². The molecule has 0 bridgehead atoms. The maximum atomic E-state index is 12.5. The van der Waals surface area contributed by atoms with Gasteiger partial charge in [0, 0.05) is 16.6 Å². The molecule has 1 aliphatic heterocycles. The molecule has 1 heterocycles. The number of hydrogen-bond donors (Lipinski definition) is 2. The third-order valence-electron chi connectivity index (χ3n) is 6.23. The third kappa shape index (κ3) is 3.68. The maximum Gasteiger partial charge on any atom is 0.333 e. The summed E-state index contributed by atoms with van der Waals surface area (Å²) in [5.74, 6) is 7.91. The summed E-state index contributed by atoms with van der Waals surface area (Å²) < 4.78 is 26.8. The van der Waals surface area contributed by atoms with Crippen LogP contribution >= 0.6 is 0 Å². The van der Waals surface area contributed by atoms with Gasteiger partial charge in [-0.1, -0.05) is 12.1 Å². The zero-order valence-corrected chi connectivity index (χ0v) is 17.0. The summed E-state index contributed by atoms with van der Waals surface area (Å²) in [6, 6.07) is 1.54. The summed E-state index contributed by atoms with van der Waals surface area (Å²) in [5.41, 5.74) is 5.08. The van der Waals surface area contributed by atoms with Crippen LogP contribution in [0.5, 0.6) is 0 Å². The van der Waals surface area contributed by atoms with E-state index in [1.807, 2.05) is 6.92 Å². The number of urea groups is 1. The molecule has 0 spiro atoms. The van der Waals surface area contributed by atoms with Gasteiger partial charge in [0.05, 0.1) is 0 Å². The number of anilines is 1. The van der Waals surface area contributed by atoms with E-state index in [0.717, 1.165) is 73.6 Å². The lowest BCUT2D eigenvalue weighted by atomic mass is 9.99. The van der Waals surface area contributed by atoms with Gasteiger partial charge in [-0.3, -0.25) is 0 Å². The van der Waals surface area contributed by atoms with Gasteiger partial charge >= 0.3 is 6.03 Å². The Bertz CT molecular complexity index is 909. The molecule has 0 aromatic heterocycles. The molecule has 3 aliphatic rings. The lowest BCUT2D eigenvalue weighted by molar-refractivity contribution is 0.256. The van der Waals surface area contributed by atoms with Gasteiger partial charge in [0.25, 0.3) is 10.0 Å². The van der Waals surface area contributed by atoms with Crippen molar-refractivity contribution in [3.8, 4) is 0 Å². The molecule has 1 aromatic carbocycles. The Hall–Kier alpha value is -1.90. The summed E-state index contributed by atoms with van der Waals surface area (Å²) in [5, 5.41) is 5.23. The summed E-state index contributed by atoms with van der Waals surface area (Å²) >= 11 is 0. The molecule has 1 fully saturated rings. The van der Waals surface area contributed by atoms with Crippen LogP contribution in [0.4, 0.5) is 10.5 Å². The molecule has 1 saturated heterocycles. The molecule has 3 N–H and O–H groups in total. The highest BCUT2D eigenvalue weighted by molar-refractivity contribution is 7.92. The van der Waals surface area contributed by atoms with Crippen molar-refractivity contribution in [1.82, 2.24) is 9.73 Å². The minimum atomic E-state index is -3.93. The molecule has 7 nitrogen and oxygen atoms in total. The van der Waals surface area contributed by atoms with E-state index in [1.54, 1.807) is 0 Å². The number of nitrogens with zero attached hydrogens (tertiary/aromatic N) is 1. The molecule has 1 aromatic rings. The van der Waals surface area contributed by atoms with Gasteiger partial charge in [-0.25, -0.2) is 17.9 Å². The van der Waals surface area contributed by atoms with Gasteiger partial charge in [-0.2, -0.15) is 0 Å². The van der Waals surface area contributed by atoms with Crippen LogP contribution in [0.1, 0.15) is 54.9 Å². The van der Waals surface area contributed by atoms with Crippen molar-refractivity contribution in [2.45, 2.75) is 63.8 Å². The number of hydrogen-bond acceptors (Lipinski definition) is 4. The first-order valence-electron chi connectivity index (χ1n) is 9.96. The van der Waals surface area contributed by atoms with E-state index in [0.29, 0.717) is 6.54 Å². The molecule has 8 heteroatoms. The molecular formula is C20H27N4O3S-. The second-order valence-electron chi connectivity index (χ2n) is 8.25. The Morgan fingerprint density at radius 1 is 1.14 bits per heavy atom. The van der Waals surface area contributed by atoms with Gasteiger partial charge in [0.2, 0.25) is 0 Å². The fourth-order valence-corrected chi connectivity index (χ4v) is 5.51. The monoisotopic (exact) mass is 403 g/mol. The standard InChI is InChI=1S/C20H27N4O3S/c1-20(9-4-11-24(20)21)10-12-28(26,27)23-19(25)22-18-16-7-2-5-14(16)13-15-6-3-8-17(15)18/h10,12-13,21H,2-9,11H2,1H3,(H2,22,23,25)/q-1/b12-10+/t20-/m0/s1. The van der Waals surface area contributed by atoms with E-state index in [9.17, 15) is 13.2 Å². The Kier molecular flexibility index (Phi) is 4.97. The van der Waals surface area contributed by atoms with Gasteiger partial charge in [0.15, 0.2) is 0 Å². The average molecular weight is 404 g/mol. The highest BCUT2D eigenvalue weighted by Crippen LogP contribution is 2.38. The molecule has 2 aliphatic carbocycles. The predicted molar refractivity (Wildman–Crippen MR) is 109 cm³/mol. The molecule has 0 unspecified atom stereocenters. The molecule has 2 amide bonds. The number of aryl methyl sites for hydroxylation is 2. The van der Waals surface area contributed by atoms with Crippen molar-refractivity contribution < 1.29 is 13.2 Å². The number of carbonyl (C=O) groups is 1. The van der Waals surface area contributed by atoms with E-state index < -0.39 is 21.6 Å². The van der Waals surface area contributed by atoms with E-state index in [4.69, 9.17) is 5.84 Å². The highest BCUT2D eigenvalue weighted by Gasteiger charge is 2.29. The van der Waals surface area contributed by atoms with Crippen LogP contribution in [0.15, 0.2) is 17.6 Å². The van der Waals surface area contributed by atoms with E-state index in [-0.39, 0.29) is 0 Å². The molecular weight excluding hydrogens is 376 g/mol. The van der Waals surface area contributed by atoms with Crippen molar-refractivity contribution >= 4 is 21.7 Å². The number of amides is 2. The Balaban J connectivity index is 1.50. The minimum Gasteiger partial charge on any atom is -0.609 e. The van der Waals surface area contributed by atoms with Gasteiger partial charge < -0.3 is 16.2 Å². The van der Waals surface area contributed by atoms with Crippen LogP contribution in [-0.4, -0.2) is 31.5 Å². The summed E-state index contributed by atoms with van der Waals surface area (Å²) in [7, 11) is -3.93.